The average Bonchev–Trinajstić information content (AvgIpc) is 3.80. The number of esters is 3. The summed E-state index contributed by atoms with van der Waals surface area (Å²) in [4.78, 5) is 39.8. The Morgan fingerprint density at radius 1 is 0.980 bits per heavy atom. The highest BCUT2D eigenvalue weighted by atomic mass is 16.6. The molecule has 4 fully saturated rings. The number of aliphatic hydroxyl groups is 1. The monoisotopic (exact) mass is 700 g/mol. The van der Waals surface area contributed by atoms with Gasteiger partial charge in [0.15, 0.2) is 6.29 Å². The molecule has 3 heterocycles. The molecule has 1 aromatic carbocycles. The Morgan fingerprint density at radius 2 is 1.73 bits per heavy atom. The fourth-order valence-electron chi connectivity index (χ4n) is 10.9. The van der Waals surface area contributed by atoms with E-state index in [1.165, 1.54) is 13.0 Å². The summed E-state index contributed by atoms with van der Waals surface area (Å²) in [6.45, 7) is 15.3. The second-order valence-corrected chi connectivity index (χ2v) is 15.8. The van der Waals surface area contributed by atoms with Crippen molar-refractivity contribution >= 4 is 24.0 Å². The van der Waals surface area contributed by atoms with Crippen LogP contribution in [0.2, 0.25) is 0 Å². The number of hydrogen-bond acceptors (Lipinski definition) is 10. The van der Waals surface area contributed by atoms with Crippen molar-refractivity contribution in [2.75, 3.05) is 6.61 Å². The number of aliphatic hydroxyl groups excluding tert-OH is 1. The summed E-state index contributed by atoms with van der Waals surface area (Å²) in [5.74, 6) is -2.47. The molecule has 0 spiro atoms. The van der Waals surface area contributed by atoms with Gasteiger partial charge in [0, 0.05) is 59.5 Å². The molecule has 7 rings (SSSR count). The van der Waals surface area contributed by atoms with Crippen LogP contribution in [0.15, 0.2) is 82.7 Å². The lowest BCUT2D eigenvalue weighted by Crippen LogP contribution is -2.72. The maximum absolute atomic E-state index is 13.9. The molecule has 272 valence electrons. The molecule has 2 saturated carbocycles. The first-order chi connectivity index (χ1) is 24.2. The summed E-state index contributed by atoms with van der Waals surface area (Å²) < 4.78 is 37.7. The van der Waals surface area contributed by atoms with Gasteiger partial charge in [-0.25, -0.2) is 9.59 Å². The number of furan rings is 1. The summed E-state index contributed by atoms with van der Waals surface area (Å²) in [6.07, 6.45) is 2.93. The van der Waals surface area contributed by atoms with E-state index in [0.717, 1.165) is 22.3 Å². The molecule has 3 aliphatic carbocycles. The van der Waals surface area contributed by atoms with Crippen LogP contribution >= 0.6 is 0 Å². The SMILES string of the molecule is C=C(C)C(=O)OC1CC(OC(C)=O)C2(C)COC3C(OC(=O)C=Cc4ccccc4)C4(C)C5=C(C)C(c6ccoc6)CC5OC(O)CC4C1(C)C32. The van der Waals surface area contributed by atoms with Gasteiger partial charge in [0.1, 0.15) is 18.3 Å². The lowest BCUT2D eigenvalue weighted by molar-refractivity contribution is -0.261. The van der Waals surface area contributed by atoms with Gasteiger partial charge in [-0.1, -0.05) is 63.3 Å². The maximum Gasteiger partial charge on any atom is 0.333 e. The normalized spacial score (nSPS) is 39.8. The number of carbonyl (C=O) groups is 3. The van der Waals surface area contributed by atoms with Crippen LogP contribution in [0.4, 0.5) is 0 Å². The third-order valence-electron chi connectivity index (χ3n) is 12.9. The summed E-state index contributed by atoms with van der Waals surface area (Å²) in [6, 6.07) is 11.4. The van der Waals surface area contributed by atoms with Gasteiger partial charge in [0.05, 0.1) is 31.3 Å². The van der Waals surface area contributed by atoms with Crippen molar-refractivity contribution in [2.24, 2.45) is 28.1 Å². The Bertz CT molecular complexity index is 1760. The van der Waals surface area contributed by atoms with Crippen LogP contribution in [0.3, 0.4) is 0 Å². The highest BCUT2D eigenvalue weighted by molar-refractivity contribution is 5.87. The molecule has 2 aliphatic heterocycles. The van der Waals surface area contributed by atoms with Crippen molar-refractivity contribution in [3.8, 4) is 0 Å². The summed E-state index contributed by atoms with van der Waals surface area (Å²) in [5, 5.41) is 11.7. The number of ether oxygens (including phenoxy) is 5. The molecule has 1 N–H and O–H groups in total. The predicted octanol–water partition coefficient (Wildman–Crippen LogP) is 6.30. The topological polar surface area (TPSA) is 131 Å². The van der Waals surface area contributed by atoms with Gasteiger partial charge in [0.25, 0.3) is 0 Å². The minimum absolute atomic E-state index is 0.0575. The van der Waals surface area contributed by atoms with Crippen LogP contribution in [0, 0.1) is 28.1 Å². The van der Waals surface area contributed by atoms with Crippen molar-refractivity contribution in [2.45, 2.75) is 104 Å². The Kier molecular flexibility index (Phi) is 8.96. The predicted molar refractivity (Wildman–Crippen MR) is 186 cm³/mol. The molecule has 2 aromatic rings. The van der Waals surface area contributed by atoms with E-state index in [9.17, 15) is 19.5 Å². The second-order valence-electron chi connectivity index (χ2n) is 15.8. The zero-order valence-electron chi connectivity index (χ0n) is 30.1. The molecular formula is C41H48O10. The van der Waals surface area contributed by atoms with Crippen molar-refractivity contribution in [3.63, 3.8) is 0 Å². The maximum atomic E-state index is 13.9. The first kappa shape index (κ1) is 35.4. The average molecular weight is 701 g/mol. The summed E-state index contributed by atoms with van der Waals surface area (Å²) >= 11 is 0. The highest BCUT2D eigenvalue weighted by Crippen LogP contribution is 2.72. The largest absolute Gasteiger partial charge is 0.472 e. The smallest absolute Gasteiger partial charge is 0.333 e. The lowest BCUT2D eigenvalue weighted by atomic mass is 9.39. The quantitative estimate of drug-likeness (QED) is 0.152. The number of hydrogen-bond donors (Lipinski definition) is 1. The van der Waals surface area contributed by atoms with Gasteiger partial charge in [-0.2, -0.15) is 0 Å². The highest BCUT2D eigenvalue weighted by Gasteiger charge is 2.77. The Morgan fingerprint density at radius 3 is 2.39 bits per heavy atom. The van der Waals surface area contributed by atoms with E-state index in [4.69, 9.17) is 28.1 Å². The Balaban J connectivity index is 1.42. The number of carbonyl (C=O) groups excluding carboxylic acids is 3. The third kappa shape index (κ3) is 5.61. The van der Waals surface area contributed by atoms with Crippen LogP contribution in [0.5, 0.6) is 0 Å². The van der Waals surface area contributed by atoms with Crippen molar-refractivity contribution in [1.82, 2.24) is 0 Å². The van der Waals surface area contributed by atoms with Gasteiger partial charge < -0.3 is 33.2 Å². The van der Waals surface area contributed by atoms with Crippen LogP contribution in [0.25, 0.3) is 6.08 Å². The van der Waals surface area contributed by atoms with Gasteiger partial charge >= 0.3 is 17.9 Å². The van der Waals surface area contributed by atoms with Crippen LogP contribution in [0.1, 0.15) is 77.8 Å². The molecule has 1 aromatic heterocycles. The van der Waals surface area contributed by atoms with Crippen molar-refractivity contribution in [3.05, 3.63) is 89.4 Å². The third-order valence-corrected chi connectivity index (χ3v) is 12.9. The fraction of sp³-hybridized carbons (Fsp3) is 0.537. The second kappa shape index (κ2) is 12.9. The Labute approximate surface area is 298 Å². The molecule has 12 atom stereocenters. The minimum Gasteiger partial charge on any atom is -0.472 e. The number of benzene rings is 1. The lowest BCUT2D eigenvalue weighted by Gasteiger charge is -2.66. The minimum atomic E-state index is -1.16. The van der Waals surface area contributed by atoms with E-state index in [1.54, 1.807) is 25.5 Å². The van der Waals surface area contributed by atoms with E-state index in [0.29, 0.717) is 6.42 Å². The van der Waals surface area contributed by atoms with Crippen LogP contribution in [-0.4, -0.2) is 66.4 Å². The summed E-state index contributed by atoms with van der Waals surface area (Å²) in [7, 11) is 0. The molecular weight excluding hydrogens is 652 g/mol. The van der Waals surface area contributed by atoms with E-state index in [-0.39, 0.29) is 30.9 Å². The van der Waals surface area contributed by atoms with E-state index in [2.05, 4.69) is 27.4 Å². The first-order valence-electron chi connectivity index (χ1n) is 17.8. The van der Waals surface area contributed by atoms with Crippen LogP contribution in [-0.2, 0) is 38.1 Å². The van der Waals surface area contributed by atoms with E-state index < -0.39 is 82.8 Å². The first-order valence-corrected chi connectivity index (χ1v) is 17.8. The van der Waals surface area contributed by atoms with Crippen molar-refractivity contribution in [1.29, 1.82) is 0 Å². The van der Waals surface area contributed by atoms with E-state index >= 15 is 0 Å². The zero-order chi connectivity index (χ0) is 36.5. The fourth-order valence-corrected chi connectivity index (χ4v) is 10.9. The molecule has 10 heteroatoms. The van der Waals surface area contributed by atoms with Gasteiger partial charge in [-0.15, -0.1) is 0 Å². The number of rotatable bonds is 7. The van der Waals surface area contributed by atoms with Gasteiger partial charge in [-0.05, 0) is 55.0 Å². The molecule has 51 heavy (non-hydrogen) atoms. The molecule has 5 aliphatic rings. The Hall–Kier alpha value is -3.99. The molecule has 0 amide bonds. The van der Waals surface area contributed by atoms with E-state index in [1.807, 2.05) is 43.3 Å². The standard InChI is InChI=1S/C41H48O10/c1-22(2)38(45)50-31-19-30(48-24(4)42)39(5)21-47-35-36(39)40(31,6)29-18-33(44)49-28-17-27(26-15-16-46-20-26)23(3)34(28)41(29,7)37(35)51-32(43)14-13-25-11-9-8-10-12-25/h8-16,20,27-31,33,35-37,44H,1,17-19,21H2,2-7H3. The summed E-state index contributed by atoms with van der Waals surface area (Å²) in [5.41, 5.74) is 1.53. The molecule has 10 nitrogen and oxygen atoms in total. The molecule has 12 unspecified atom stereocenters. The molecule has 2 saturated heterocycles. The molecule has 0 radical (unpaired) electrons. The van der Waals surface area contributed by atoms with Crippen LogP contribution < -0.4 is 0 Å². The number of fused-ring (bicyclic) bond motifs is 4. The van der Waals surface area contributed by atoms with Crippen molar-refractivity contribution < 1.29 is 47.6 Å². The zero-order valence-corrected chi connectivity index (χ0v) is 30.1. The molecule has 0 bridgehead atoms. The van der Waals surface area contributed by atoms with Gasteiger partial charge in [0.2, 0.25) is 0 Å². The van der Waals surface area contributed by atoms with Gasteiger partial charge in [-0.3, -0.25) is 4.79 Å². The number of allylic oxidation sites excluding steroid dienone is 1.